The fraction of sp³-hybridized carbons (Fsp3) is 0.917. The molecule has 3 nitrogen and oxygen atoms in total. The summed E-state index contributed by atoms with van der Waals surface area (Å²) in [5, 5.41) is 6.41. The van der Waals surface area contributed by atoms with E-state index in [9.17, 15) is 4.79 Å². The van der Waals surface area contributed by atoms with Crippen LogP contribution in [-0.4, -0.2) is 25.5 Å². The molecule has 0 spiro atoms. The molecule has 0 unspecified atom stereocenters. The van der Waals surface area contributed by atoms with Crippen LogP contribution < -0.4 is 10.6 Å². The zero-order valence-electron chi connectivity index (χ0n) is 9.43. The van der Waals surface area contributed by atoms with Crippen LogP contribution in [0.25, 0.3) is 0 Å². The van der Waals surface area contributed by atoms with Crippen molar-refractivity contribution in [2.75, 3.05) is 19.6 Å². The van der Waals surface area contributed by atoms with Crippen molar-refractivity contribution in [3.8, 4) is 0 Å². The summed E-state index contributed by atoms with van der Waals surface area (Å²) in [5.74, 6) is 1.84. The maximum Gasteiger partial charge on any atom is 0.220 e. The second kappa shape index (κ2) is 5.50. The van der Waals surface area contributed by atoms with Crippen LogP contribution in [0.1, 0.15) is 38.5 Å². The van der Waals surface area contributed by atoms with Gasteiger partial charge in [-0.25, -0.2) is 0 Å². The third-order valence-electron chi connectivity index (χ3n) is 3.52. The van der Waals surface area contributed by atoms with Gasteiger partial charge < -0.3 is 10.6 Å². The van der Waals surface area contributed by atoms with Gasteiger partial charge in [-0.05, 0) is 44.2 Å². The van der Waals surface area contributed by atoms with E-state index >= 15 is 0 Å². The lowest BCUT2D eigenvalue weighted by Crippen LogP contribution is -2.35. The molecule has 2 aliphatic rings. The Morgan fingerprint density at radius 2 is 1.87 bits per heavy atom. The average molecular weight is 210 g/mol. The molecule has 15 heavy (non-hydrogen) atoms. The van der Waals surface area contributed by atoms with Gasteiger partial charge in [0.05, 0.1) is 0 Å². The minimum Gasteiger partial charge on any atom is -0.356 e. The number of hydrogen-bond acceptors (Lipinski definition) is 2. The molecule has 0 aromatic carbocycles. The maximum atomic E-state index is 11.5. The molecule has 3 heteroatoms. The van der Waals surface area contributed by atoms with Crippen LogP contribution in [-0.2, 0) is 4.79 Å². The molecule has 1 aliphatic heterocycles. The zero-order valence-corrected chi connectivity index (χ0v) is 9.43. The van der Waals surface area contributed by atoms with Gasteiger partial charge in [-0.1, -0.05) is 12.8 Å². The van der Waals surface area contributed by atoms with Crippen molar-refractivity contribution in [2.45, 2.75) is 38.5 Å². The van der Waals surface area contributed by atoms with Gasteiger partial charge in [0.15, 0.2) is 0 Å². The van der Waals surface area contributed by atoms with E-state index in [2.05, 4.69) is 10.6 Å². The summed E-state index contributed by atoms with van der Waals surface area (Å²) in [6.45, 7) is 3.12. The van der Waals surface area contributed by atoms with Gasteiger partial charge in [0, 0.05) is 13.0 Å². The van der Waals surface area contributed by atoms with Crippen molar-refractivity contribution in [3.63, 3.8) is 0 Å². The molecule has 2 N–H and O–H groups in total. The fourth-order valence-corrected chi connectivity index (χ4v) is 2.17. The largest absolute Gasteiger partial charge is 0.356 e. The molecule has 0 bridgehead atoms. The molecule has 1 saturated carbocycles. The highest BCUT2D eigenvalue weighted by Gasteiger charge is 2.22. The summed E-state index contributed by atoms with van der Waals surface area (Å²) in [6, 6.07) is 0. The second-order valence-corrected chi connectivity index (χ2v) is 4.98. The molecule has 1 amide bonds. The summed E-state index contributed by atoms with van der Waals surface area (Å²) in [6.07, 6.45) is 6.97. The van der Waals surface area contributed by atoms with Gasteiger partial charge in [0.25, 0.3) is 0 Å². The topological polar surface area (TPSA) is 41.1 Å². The summed E-state index contributed by atoms with van der Waals surface area (Å²) in [4.78, 5) is 11.5. The number of nitrogens with one attached hydrogen (secondary N) is 2. The van der Waals surface area contributed by atoms with Gasteiger partial charge in [-0.2, -0.15) is 0 Å². The lowest BCUT2D eigenvalue weighted by molar-refractivity contribution is -0.121. The van der Waals surface area contributed by atoms with E-state index in [-0.39, 0.29) is 5.91 Å². The van der Waals surface area contributed by atoms with E-state index in [1.54, 1.807) is 0 Å². The highest BCUT2D eigenvalue weighted by atomic mass is 16.1. The van der Waals surface area contributed by atoms with Crippen molar-refractivity contribution in [2.24, 2.45) is 11.8 Å². The molecule has 1 saturated heterocycles. The van der Waals surface area contributed by atoms with Crippen molar-refractivity contribution < 1.29 is 4.79 Å². The van der Waals surface area contributed by atoms with Crippen LogP contribution in [0, 0.1) is 11.8 Å². The van der Waals surface area contributed by atoms with Crippen molar-refractivity contribution >= 4 is 5.91 Å². The van der Waals surface area contributed by atoms with E-state index in [1.807, 2.05) is 0 Å². The third-order valence-corrected chi connectivity index (χ3v) is 3.52. The first-order chi connectivity index (χ1) is 7.34. The summed E-state index contributed by atoms with van der Waals surface area (Å²) in [5.41, 5.74) is 0. The monoisotopic (exact) mass is 210 g/mol. The van der Waals surface area contributed by atoms with Gasteiger partial charge >= 0.3 is 0 Å². The quantitative estimate of drug-likeness (QED) is 0.718. The number of hydrogen-bond donors (Lipinski definition) is 2. The molecule has 2 rings (SSSR count). The normalized spacial score (nSPS) is 22.7. The van der Waals surface area contributed by atoms with Crippen LogP contribution in [0.5, 0.6) is 0 Å². The molecule has 1 heterocycles. The fourth-order valence-electron chi connectivity index (χ4n) is 2.17. The standard InChI is InChI=1S/C12H22N2O/c15-12(4-3-10-1-2-10)14-9-11-5-7-13-8-6-11/h10-11,13H,1-9H2,(H,14,15). The van der Waals surface area contributed by atoms with Crippen LogP contribution >= 0.6 is 0 Å². The number of amides is 1. The highest BCUT2D eigenvalue weighted by molar-refractivity contribution is 5.75. The van der Waals surface area contributed by atoms with E-state index in [1.165, 1.54) is 25.7 Å². The number of carbonyl (C=O) groups excluding carboxylic acids is 1. The van der Waals surface area contributed by atoms with Crippen LogP contribution in [0.4, 0.5) is 0 Å². The van der Waals surface area contributed by atoms with Gasteiger partial charge in [-0.15, -0.1) is 0 Å². The van der Waals surface area contributed by atoms with Gasteiger partial charge in [0.1, 0.15) is 0 Å². The first-order valence-electron chi connectivity index (χ1n) is 6.32. The summed E-state index contributed by atoms with van der Waals surface area (Å²) in [7, 11) is 0. The predicted molar refractivity (Wildman–Crippen MR) is 60.6 cm³/mol. The Morgan fingerprint density at radius 1 is 1.13 bits per heavy atom. The molecule has 86 valence electrons. The zero-order chi connectivity index (χ0) is 10.5. The summed E-state index contributed by atoms with van der Waals surface area (Å²) >= 11 is 0. The Balaban J connectivity index is 1.53. The Labute approximate surface area is 92.0 Å². The Morgan fingerprint density at radius 3 is 2.53 bits per heavy atom. The van der Waals surface area contributed by atoms with Gasteiger partial charge in [0.2, 0.25) is 5.91 Å². The first-order valence-corrected chi connectivity index (χ1v) is 6.32. The molecule has 0 aromatic heterocycles. The van der Waals surface area contributed by atoms with E-state index in [0.717, 1.165) is 38.4 Å². The molecule has 0 radical (unpaired) electrons. The number of piperidine rings is 1. The van der Waals surface area contributed by atoms with Crippen LogP contribution in [0.2, 0.25) is 0 Å². The van der Waals surface area contributed by atoms with Crippen LogP contribution in [0.15, 0.2) is 0 Å². The minimum atomic E-state index is 0.264. The van der Waals surface area contributed by atoms with Gasteiger partial charge in [-0.3, -0.25) is 4.79 Å². The number of carbonyl (C=O) groups is 1. The lowest BCUT2D eigenvalue weighted by atomic mass is 9.98. The lowest BCUT2D eigenvalue weighted by Gasteiger charge is -2.22. The third kappa shape index (κ3) is 4.20. The molecular weight excluding hydrogens is 188 g/mol. The molecule has 2 fully saturated rings. The smallest absolute Gasteiger partial charge is 0.220 e. The highest BCUT2D eigenvalue weighted by Crippen LogP contribution is 2.33. The van der Waals surface area contributed by atoms with Crippen molar-refractivity contribution in [3.05, 3.63) is 0 Å². The Kier molecular flexibility index (Phi) is 4.01. The predicted octanol–water partition coefficient (Wildman–Crippen LogP) is 1.29. The van der Waals surface area contributed by atoms with E-state index in [0.29, 0.717) is 5.92 Å². The SMILES string of the molecule is O=C(CCC1CC1)NCC1CCNCC1. The van der Waals surface area contributed by atoms with Crippen molar-refractivity contribution in [1.29, 1.82) is 0 Å². The van der Waals surface area contributed by atoms with E-state index < -0.39 is 0 Å². The molecule has 1 aliphatic carbocycles. The Hall–Kier alpha value is -0.570. The molecular formula is C12H22N2O. The van der Waals surface area contributed by atoms with Crippen LogP contribution in [0.3, 0.4) is 0 Å². The molecule has 0 aromatic rings. The first kappa shape index (κ1) is 10.9. The van der Waals surface area contributed by atoms with E-state index in [4.69, 9.17) is 0 Å². The maximum absolute atomic E-state index is 11.5. The Bertz CT molecular complexity index is 208. The second-order valence-electron chi connectivity index (χ2n) is 4.98. The minimum absolute atomic E-state index is 0.264. The summed E-state index contributed by atoms with van der Waals surface area (Å²) < 4.78 is 0. The van der Waals surface area contributed by atoms with Crippen molar-refractivity contribution in [1.82, 2.24) is 10.6 Å². The average Bonchev–Trinajstić information content (AvgIpc) is 3.09. The number of rotatable bonds is 5. The molecule has 0 atom stereocenters.